The Morgan fingerprint density at radius 3 is 2.35 bits per heavy atom. The molecule has 23 heavy (non-hydrogen) atoms. The zero-order valence-electron chi connectivity index (χ0n) is 14.2. The maximum absolute atomic E-state index is 12.1. The predicted octanol–water partition coefficient (Wildman–Crippen LogP) is 3.00. The molecule has 2 atom stereocenters. The van der Waals surface area contributed by atoms with E-state index >= 15 is 0 Å². The highest BCUT2D eigenvalue weighted by Gasteiger charge is 2.49. The lowest BCUT2D eigenvalue weighted by Crippen LogP contribution is -2.48. The summed E-state index contributed by atoms with van der Waals surface area (Å²) in [6.07, 6.45) is 1.69. The molecule has 0 bridgehead atoms. The predicted molar refractivity (Wildman–Crippen MR) is 89.1 cm³/mol. The number of hydrogen-bond donors (Lipinski definition) is 0. The number of esters is 1. The van der Waals surface area contributed by atoms with E-state index in [9.17, 15) is 9.59 Å². The van der Waals surface area contributed by atoms with E-state index < -0.39 is 5.72 Å². The fraction of sp³-hybridized carbons (Fsp3) is 0.529. The molecule has 1 aliphatic heterocycles. The summed E-state index contributed by atoms with van der Waals surface area (Å²) in [4.78, 5) is 26.1. The molecule has 1 aromatic carbocycles. The van der Waals surface area contributed by atoms with Crippen LogP contribution in [0.25, 0.3) is 0 Å². The largest absolute Gasteiger partial charge is 0.464 e. The molecule has 5 nitrogen and oxygen atoms in total. The normalized spacial score (nSPS) is 22.9. The van der Waals surface area contributed by atoms with Crippen LogP contribution in [-0.4, -0.2) is 41.4 Å². The van der Waals surface area contributed by atoms with E-state index in [2.05, 4.69) is 0 Å². The van der Waals surface area contributed by atoms with Gasteiger partial charge in [-0.25, -0.2) is 0 Å². The summed E-state index contributed by atoms with van der Waals surface area (Å²) in [6.45, 7) is 6.69. The Labute approximate surface area is 141 Å². The van der Waals surface area contributed by atoms with Gasteiger partial charge in [-0.15, -0.1) is 11.8 Å². The van der Waals surface area contributed by atoms with Crippen LogP contribution in [0.5, 0.6) is 0 Å². The van der Waals surface area contributed by atoms with Gasteiger partial charge in [0, 0.05) is 18.7 Å². The molecular formula is C17H23NO4S. The molecule has 126 valence electrons. The van der Waals surface area contributed by atoms with E-state index in [4.69, 9.17) is 9.47 Å². The summed E-state index contributed by atoms with van der Waals surface area (Å²) in [5.74, 6) is -0.468. The minimum atomic E-state index is -0.751. The second kappa shape index (κ2) is 6.93. The first kappa shape index (κ1) is 17.8. The van der Waals surface area contributed by atoms with Crippen LogP contribution in [0.2, 0.25) is 0 Å². The van der Waals surface area contributed by atoms with Crippen molar-refractivity contribution < 1.29 is 19.1 Å². The Hall–Kier alpha value is -1.53. The Morgan fingerprint density at radius 2 is 1.87 bits per heavy atom. The highest BCUT2D eigenvalue weighted by Crippen LogP contribution is 2.41. The van der Waals surface area contributed by atoms with Crippen molar-refractivity contribution in [2.24, 2.45) is 0 Å². The summed E-state index contributed by atoms with van der Waals surface area (Å²) in [6, 6.07) is 7.70. The van der Waals surface area contributed by atoms with Crippen molar-refractivity contribution in [3.63, 3.8) is 0 Å². The fourth-order valence-corrected chi connectivity index (χ4v) is 3.45. The average molecular weight is 337 g/mol. The lowest BCUT2D eigenvalue weighted by Gasteiger charge is -2.32. The maximum Gasteiger partial charge on any atom is 0.302 e. The number of ether oxygens (including phenoxy) is 2. The molecule has 0 spiro atoms. The third-order valence-corrected chi connectivity index (χ3v) is 4.66. The van der Waals surface area contributed by atoms with Crippen LogP contribution in [0.3, 0.4) is 0 Å². The zero-order valence-corrected chi connectivity index (χ0v) is 15.0. The molecule has 0 saturated carbocycles. The van der Waals surface area contributed by atoms with Crippen molar-refractivity contribution in [3.8, 4) is 0 Å². The topological polar surface area (TPSA) is 55.8 Å². The minimum Gasteiger partial charge on any atom is -0.464 e. The quantitative estimate of drug-likeness (QED) is 0.624. The molecule has 1 amide bonds. The highest BCUT2D eigenvalue weighted by molar-refractivity contribution is 7.98. The SMILES string of the molecule is CSc1ccc(C2OC(C)(C)N(C(C)=O)C2COC(C)=O)cc1. The number of hydrogen-bond acceptors (Lipinski definition) is 5. The van der Waals surface area contributed by atoms with E-state index in [-0.39, 0.29) is 30.6 Å². The van der Waals surface area contributed by atoms with Gasteiger partial charge in [0.05, 0.1) is 6.04 Å². The number of nitrogens with zero attached hydrogens (tertiary/aromatic N) is 1. The number of benzene rings is 1. The molecular weight excluding hydrogens is 314 g/mol. The van der Waals surface area contributed by atoms with Crippen molar-refractivity contribution in [2.45, 2.75) is 50.5 Å². The van der Waals surface area contributed by atoms with Crippen LogP contribution in [0.15, 0.2) is 29.2 Å². The van der Waals surface area contributed by atoms with Gasteiger partial charge in [-0.3, -0.25) is 9.59 Å². The van der Waals surface area contributed by atoms with Crippen molar-refractivity contribution >= 4 is 23.6 Å². The van der Waals surface area contributed by atoms with Crippen LogP contribution in [0.1, 0.15) is 39.4 Å². The lowest BCUT2D eigenvalue weighted by atomic mass is 10.0. The monoisotopic (exact) mass is 337 g/mol. The van der Waals surface area contributed by atoms with Crippen LogP contribution in [-0.2, 0) is 19.1 Å². The van der Waals surface area contributed by atoms with E-state index in [0.29, 0.717) is 0 Å². The van der Waals surface area contributed by atoms with Gasteiger partial charge in [-0.05, 0) is 37.8 Å². The van der Waals surface area contributed by atoms with Gasteiger partial charge in [0.1, 0.15) is 18.4 Å². The smallest absolute Gasteiger partial charge is 0.302 e. The molecule has 0 N–H and O–H groups in total. The Morgan fingerprint density at radius 1 is 1.26 bits per heavy atom. The molecule has 2 rings (SSSR count). The number of carbonyl (C=O) groups is 2. The van der Waals surface area contributed by atoms with E-state index in [0.717, 1.165) is 10.5 Å². The molecule has 1 aliphatic rings. The number of amides is 1. The Bertz CT molecular complexity index is 585. The van der Waals surface area contributed by atoms with Crippen LogP contribution < -0.4 is 0 Å². The first-order chi connectivity index (χ1) is 10.8. The molecule has 1 fully saturated rings. The molecule has 6 heteroatoms. The molecule has 1 aromatic rings. The maximum atomic E-state index is 12.1. The molecule has 2 unspecified atom stereocenters. The van der Waals surface area contributed by atoms with Gasteiger partial charge in [0.15, 0.2) is 0 Å². The zero-order chi connectivity index (χ0) is 17.2. The van der Waals surface area contributed by atoms with Gasteiger partial charge in [-0.1, -0.05) is 12.1 Å². The Balaban J connectivity index is 2.33. The summed E-state index contributed by atoms with van der Waals surface area (Å²) in [5.41, 5.74) is 0.219. The number of rotatable bonds is 4. The van der Waals surface area contributed by atoms with Gasteiger partial charge in [0.2, 0.25) is 5.91 Å². The number of carbonyl (C=O) groups excluding carboxylic acids is 2. The summed E-state index contributed by atoms with van der Waals surface area (Å²) >= 11 is 1.67. The second-order valence-corrected chi connectivity index (χ2v) is 6.90. The highest BCUT2D eigenvalue weighted by atomic mass is 32.2. The molecule has 1 saturated heterocycles. The third-order valence-electron chi connectivity index (χ3n) is 3.92. The van der Waals surface area contributed by atoms with Crippen molar-refractivity contribution in [2.75, 3.05) is 12.9 Å². The first-order valence-corrected chi connectivity index (χ1v) is 8.74. The second-order valence-electron chi connectivity index (χ2n) is 6.02. The van der Waals surface area contributed by atoms with E-state index in [1.807, 2.05) is 44.4 Å². The first-order valence-electron chi connectivity index (χ1n) is 7.51. The van der Waals surface area contributed by atoms with Gasteiger partial charge in [0.25, 0.3) is 0 Å². The van der Waals surface area contributed by atoms with Crippen LogP contribution >= 0.6 is 11.8 Å². The summed E-state index contributed by atoms with van der Waals surface area (Å²) < 4.78 is 11.3. The lowest BCUT2D eigenvalue weighted by molar-refractivity contribution is -0.150. The molecule has 0 aromatic heterocycles. The van der Waals surface area contributed by atoms with Gasteiger partial charge in [-0.2, -0.15) is 0 Å². The van der Waals surface area contributed by atoms with Gasteiger partial charge >= 0.3 is 5.97 Å². The molecule has 0 radical (unpaired) electrons. The van der Waals surface area contributed by atoms with E-state index in [1.54, 1.807) is 16.7 Å². The van der Waals surface area contributed by atoms with Crippen molar-refractivity contribution in [3.05, 3.63) is 29.8 Å². The van der Waals surface area contributed by atoms with Crippen LogP contribution in [0, 0.1) is 0 Å². The minimum absolute atomic E-state index is 0.101. The summed E-state index contributed by atoms with van der Waals surface area (Å²) in [7, 11) is 0. The molecule has 1 heterocycles. The van der Waals surface area contributed by atoms with E-state index in [1.165, 1.54) is 13.8 Å². The number of thioether (sulfide) groups is 1. The average Bonchev–Trinajstić information content (AvgIpc) is 2.76. The van der Waals surface area contributed by atoms with Crippen LogP contribution in [0.4, 0.5) is 0 Å². The van der Waals surface area contributed by atoms with Crippen molar-refractivity contribution in [1.82, 2.24) is 4.90 Å². The Kier molecular flexibility index (Phi) is 5.37. The third kappa shape index (κ3) is 3.87. The summed E-state index contributed by atoms with van der Waals surface area (Å²) in [5, 5.41) is 0. The fourth-order valence-electron chi connectivity index (χ4n) is 3.04. The van der Waals surface area contributed by atoms with Crippen molar-refractivity contribution in [1.29, 1.82) is 0 Å². The molecule has 0 aliphatic carbocycles. The standard InChI is InChI=1S/C17H23NO4S/c1-11(19)18-15(10-21-12(2)20)16(22-17(18,3)4)13-6-8-14(23-5)9-7-13/h6-9,15-16H,10H2,1-5H3. The van der Waals surface area contributed by atoms with Gasteiger partial charge < -0.3 is 14.4 Å².